The SMILES string of the molecule is CC(C)(C)OC(=O)N1CCC(c2nccc(N)c2Cl)CC1. The molecule has 0 atom stereocenters. The van der Waals surface area contributed by atoms with E-state index >= 15 is 0 Å². The molecule has 1 aliphatic heterocycles. The van der Waals surface area contributed by atoms with Gasteiger partial charge in [0, 0.05) is 25.2 Å². The summed E-state index contributed by atoms with van der Waals surface area (Å²) in [5, 5.41) is 0.535. The van der Waals surface area contributed by atoms with Gasteiger partial charge in [0.15, 0.2) is 0 Å². The molecular formula is C15H22ClN3O2. The van der Waals surface area contributed by atoms with Gasteiger partial charge in [0.25, 0.3) is 0 Å². The van der Waals surface area contributed by atoms with E-state index in [0.29, 0.717) is 23.8 Å². The lowest BCUT2D eigenvalue weighted by atomic mass is 9.93. The zero-order chi connectivity index (χ0) is 15.6. The molecule has 0 radical (unpaired) electrons. The van der Waals surface area contributed by atoms with E-state index in [0.717, 1.165) is 18.5 Å². The Labute approximate surface area is 130 Å². The maximum Gasteiger partial charge on any atom is 0.410 e. The Hall–Kier alpha value is -1.49. The van der Waals surface area contributed by atoms with Crippen LogP contribution in [0.1, 0.15) is 45.2 Å². The third-order valence-corrected chi connectivity index (χ3v) is 3.89. The fraction of sp³-hybridized carbons (Fsp3) is 0.600. The summed E-state index contributed by atoms with van der Waals surface area (Å²) in [5.74, 6) is 0.236. The second kappa shape index (κ2) is 6.10. The van der Waals surface area contributed by atoms with E-state index in [1.807, 2.05) is 20.8 Å². The van der Waals surface area contributed by atoms with Crippen molar-refractivity contribution in [1.29, 1.82) is 0 Å². The normalized spacial score (nSPS) is 16.9. The molecule has 1 fully saturated rings. The molecule has 0 aromatic carbocycles. The third kappa shape index (κ3) is 4.00. The fourth-order valence-corrected chi connectivity index (χ4v) is 2.69. The van der Waals surface area contributed by atoms with Crippen LogP contribution in [0.15, 0.2) is 12.3 Å². The molecule has 0 unspecified atom stereocenters. The number of nitrogens with zero attached hydrogens (tertiary/aromatic N) is 2. The van der Waals surface area contributed by atoms with E-state index in [2.05, 4.69) is 4.98 Å². The molecule has 1 aliphatic rings. The molecule has 21 heavy (non-hydrogen) atoms. The topological polar surface area (TPSA) is 68.5 Å². The van der Waals surface area contributed by atoms with E-state index in [9.17, 15) is 4.79 Å². The Morgan fingerprint density at radius 1 is 1.43 bits per heavy atom. The van der Waals surface area contributed by atoms with Gasteiger partial charge >= 0.3 is 6.09 Å². The van der Waals surface area contributed by atoms with Gasteiger partial charge in [-0.15, -0.1) is 0 Å². The van der Waals surface area contributed by atoms with Crippen molar-refractivity contribution < 1.29 is 9.53 Å². The molecule has 2 N–H and O–H groups in total. The Morgan fingerprint density at radius 2 is 2.05 bits per heavy atom. The monoisotopic (exact) mass is 311 g/mol. The molecule has 1 amide bonds. The summed E-state index contributed by atoms with van der Waals surface area (Å²) in [5.41, 5.74) is 6.74. The number of ether oxygens (including phenoxy) is 1. The highest BCUT2D eigenvalue weighted by Gasteiger charge is 2.29. The highest BCUT2D eigenvalue weighted by Crippen LogP contribution is 2.34. The lowest BCUT2D eigenvalue weighted by molar-refractivity contribution is 0.0204. The van der Waals surface area contributed by atoms with Crippen molar-refractivity contribution in [1.82, 2.24) is 9.88 Å². The van der Waals surface area contributed by atoms with Gasteiger partial charge in [0.05, 0.1) is 16.4 Å². The number of hydrogen-bond donors (Lipinski definition) is 1. The van der Waals surface area contributed by atoms with Gasteiger partial charge in [-0.2, -0.15) is 0 Å². The quantitative estimate of drug-likeness (QED) is 0.862. The first kappa shape index (κ1) is 15.9. The van der Waals surface area contributed by atoms with Crippen molar-refractivity contribution in [3.8, 4) is 0 Å². The first-order valence-corrected chi connectivity index (χ1v) is 7.53. The number of likely N-dealkylation sites (tertiary alicyclic amines) is 1. The molecule has 0 bridgehead atoms. The highest BCUT2D eigenvalue weighted by atomic mass is 35.5. The second-order valence-electron chi connectivity index (χ2n) is 6.34. The molecule has 2 rings (SSSR count). The minimum Gasteiger partial charge on any atom is -0.444 e. The first-order valence-electron chi connectivity index (χ1n) is 7.16. The van der Waals surface area contributed by atoms with E-state index in [1.165, 1.54) is 0 Å². The number of carbonyl (C=O) groups is 1. The number of nitrogens with two attached hydrogens (primary N) is 1. The summed E-state index contributed by atoms with van der Waals surface area (Å²) in [4.78, 5) is 18.1. The van der Waals surface area contributed by atoms with Gasteiger partial charge < -0.3 is 15.4 Å². The molecule has 1 saturated heterocycles. The second-order valence-corrected chi connectivity index (χ2v) is 6.72. The van der Waals surface area contributed by atoms with Gasteiger partial charge in [-0.05, 0) is 39.7 Å². The number of aromatic nitrogens is 1. The van der Waals surface area contributed by atoms with Crippen molar-refractivity contribution in [2.75, 3.05) is 18.8 Å². The summed E-state index contributed by atoms with van der Waals surface area (Å²) in [7, 11) is 0. The van der Waals surface area contributed by atoms with E-state index in [-0.39, 0.29) is 12.0 Å². The fourth-order valence-electron chi connectivity index (χ4n) is 2.42. The summed E-state index contributed by atoms with van der Waals surface area (Å²) < 4.78 is 5.39. The van der Waals surface area contributed by atoms with Crippen LogP contribution in [-0.4, -0.2) is 34.7 Å². The number of piperidine rings is 1. The van der Waals surface area contributed by atoms with Gasteiger partial charge in [0.1, 0.15) is 5.60 Å². The first-order chi connectivity index (χ1) is 9.78. The standard InChI is InChI=1S/C15H22ClN3O2/c1-15(2,3)21-14(20)19-8-5-10(6-9-19)13-12(16)11(17)4-7-18-13/h4,7,10H,5-6,8-9H2,1-3H3,(H2,17,18). The number of pyridine rings is 1. The Kier molecular flexibility index (Phi) is 4.61. The van der Waals surface area contributed by atoms with Crippen LogP contribution in [0.5, 0.6) is 0 Å². The van der Waals surface area contributed by atoms with Crippen LogP contribution in [0.2, 0.25) is 5.02 Å². The van der Waals surface area contributed by atoms with Gasteiger partial charge in [0.2, 0.25) is 0 Å². The Bertz CT molecular complexity index is 520. The molecule has 116 valence electrons. The smallest absolute Gasteiger partial charge is 0.410 e. The predicted molar refractivity (Wildman–Crippen MR) is 83.4 cm³/mol. The van der Waals surface area contributed by atoms with Crippen molar-refractivity contribution in [2.24, 2.45) is 0 Å². The molecule has 5 nitrogen and oxygen atoms in total. The number of nitrogen functional groups attached to an aromatic ring is 1. The maximum absolute atomic E-state index is 12.0. The molecule has 1 aromatic rings. The minimum absolute atomic E-state index is 0.236. The third-order valence-electron chi connectivity index (χ3n) is 3.48. The van der Waals surface area contributed by atoms with Gasteiger partial charge in [-0.25, -0.2) is 4.79 Å². The van der Waals surface area contributed by atoms with Crippen LogP contribution in [-0.2, 0) is 4.74 Å². The van der Waals surface area contributed by atoms with Crippen molar-refractivity contribution in [2.45, 2.75) is 45.1 Å². The predicted octanol–water partition coefficient (Wildman–Crippen LogP) is 3.43. The minimum atomic E-state index is -0.466. The van der Waals surface area contributed by atoms with Crippen LogP contribution in [0, 0.1) is 0 Å². The largest absolute Gasteiger partial charge is 0.444 e. The number of amides is 1. The van der Waals surface area contributed by atoms with Gasteiger partial charge in [-0.3, -0.25) is 4.98 Å². The lowest BCUT2D eigenvalue weighted by Gasteiger charge is -2.33. The summed E-state index contributed by atoms with van der Waals surface area (Å²) in [6.07, 6.45) is 3.05. The average molecular weight is 312 g/mol. The number of halogens is 1. The van der Waals surface area contributed by atoms with Crippen LogP contribution in [0.4, 0.5) is 10.5 Å². The van der Waals surface area contributed by atoms with E-state index < -0.39 is 5.60 Å². The molecular weight excluding hydrogens is 290 g/mol. The van der Waals surface area contributed by atoms with Crippen molar-refractivity contribution in [3.05, 3.63) is 23.0 Å². The van der Waals surface area contributed by atoms with Crippen LogP contribution in [0.3, 0.4) is 0 Å². The summed E-state index contributed by atoms with van der Waals surface area (Å²) in [6.45, 7) is 6.90. The molecule has 0 aliphatic carbocycles. The molecule has 1 aromatic heterocycles. The highest BCUT2D eigenvalue weighted by molar-refractivity contribution is 6.33. The summed E-state index contributed by atoms with van der Waals surface area (Å²) in [6, 6.07) is 1.70. The molecule has 2 heterocycles. The number of hydrogen-bond acceptors (Lipinski definition) is 4. The number of carbonyl (C=O) groups excluding carboxylic acids is 1. The number of anilines is 1. The lowest BCUT2D eigenvalue weighted by Crippen LogP contribution is -2.41. The van der Waals surface area contributed by atoms with E-state index in [1.54, 1.807) is 17.2 Å². The number of rotatable bonds is 1. The zero-order valence-electron chi connectivity index (χ0n) is 12.7. The van der Waals surface area contributed by atoms with E-state index in [4.69, 9.17) is 22.1 Å². The summed E-state index contributed by atoms with van der Waals surface area (Å²) >= 11 is 6.22. The Balaban J connectivity index is 1.97. The van der Waals surface area contributed by atoms with Crippen LogP contribution < -0.4 is 5.73 Å². The molecule has 0 spiro atoms. The van der Waals surface area contributed by atoms with Crippen LogP contribution in [0.25, 0.3) is 0 Å². The maximum atomic E-state index is 12.0. The molecule has 6 heteroatoms. The van der Waals surface area contributed by atoms with Crippen molar-refractivity contribution >= 4 is 23.4 Å². The average Bonchev–Trinajstić information content (AvgIpc) is 2.40. The van der Waals surface area contributed by atoms with Crippen molar-refractivity contribution in [3.63, 3.8) is 0 Å². The molecule has 0 saturated carbocycles. The van der Waals surface area contributed by atoms with Crippen LogP contribution >= 0.6 is 11.6 Å². The Morgan fingerprint density at radius 3 is 2.62 bits per heavy atom. The van der Waals surface area contributed by atoms with Gasteiger partial charge in [-0.1, -0.05) is 11.6 Å². The zero-order valence-corrected chi connectivity index (χ0v) is 13.5.